The third-order valence-corrected chi connectivity index (χ3v) is 5.76. The van der Waals surface area contributed by atoms with E-state index >= 15 is 0 Å². The topological polar surface area (TPSA) is 83.4 Å². The Labute approximate surface area is 186 Å². The Morgan fingerprint density at radius 2 is 2.19 bits per heavy atom. The van der Waals surface area contributed by atoms with Crippen molar-refractivity contribution in [3.05, 3.63) is 69.7 Å². The van der Waals surface area contributed by atoms with E-state index in [4.69, 9.17) is 4.98 Å². The van der Waals surface area contributed by atoms with Crippen molar-refractivity contribution in [2.45, 2.75) is 31.8 Å². The summed E-state index contributed by atoms with van der Waals surface area (Å²) in [5.41, 5.74) is 3.38. The van der Waals surface area contributed by atoms with Crippen LogP contribution in [-0.4, -0.2) is 26.5 Å². The molecule has 1 aliphatic carbocycles. The number of hydrogen-bond donors (Lipinski definition) is 3. The van der Waals surface area contributed by atoms with Gasteiger partial charge in [0, 0.05) is 39.9 Å². The highest BCUT2D eigenvalue weighted by molar-refractivity contribution is 9.10. The fraction of sp³-hybridized carbons (Fsp3) is 0.227. The van der Waals surface area contributed by atoms with Gasteiger partial charge in [-0.25, -0.2) is 9.37 Å². The van der Waals surface area contributed by atoms with Gasteiger partial charge in [-0.1, -0.05) is 28.6 Å². The highest BCUT2D eigenvalue weighted by Crippen LogP contribution is 2.29. The van der Waals surface area contributed by atoms with E-state index in [-0.39, 0.29) is 18.1 Å². The minimum absolute atomic E-state index is 0.0735. The third-order valence-electron chi connectivity index (χ3n) is 5.26. The van der Waals surface area contributed by atoms with Gasteiger partial charge in [0.05, 0.1) is 12.6 Å². The number of carbonyl (C=O) groups excluding carboxylic acids is 1. The molecule has 1 saturated carbocycles. The van der Waals surface area contributed by atoms with E-state index in [9.17, 15) is 9.18 Å². The maximum atomic E-state index is 14.2. The Balaban J connectivity index is 1.49. The van der Waals surface area contributed by atoms with E-state index in [1.165, 1.54) is 6.07 Å². The zero-order chi connectivity index (χ0) is 21.5. The number of nitrogens with one attached hydrogen (secondary N) is 3. The fourth-order valence-corrected chi connectivity index (χ4v) is 3.79. The summed E-state index contributed by atoms with van der Waals surface area (Å²) in [6.45, 7) is 4.19. The Morgan fingerprint density at radius 3 is 2.90 bits per heavy atom. The van der Waals surface area contributed by atoms with E-state index in [2.05, 4.69) is 43.6 Å². The lowest BCUT2D eigenvalue weighted by atomic mass is 10.1. The molecule has 2 aliphatic rings. The summed E-state index contributed by atoms with van der Waals surface area (Å²) in [4.78, 5) is 16.4. The number of nitrogens with zero attached hydrogens (tertiary/aromatic N) is 3. The number of aromatic nitrogens is 3. The number of hydrogen-bond acceptors (Lipinski definition) is 5. The summed E-state index contributed by atoms with van der Waals surface area (Å²) in [7, 11) is 0. The zero-order valence-corrected chi connectivity index (χ0v) is 18.2. The predicted molar refractivity (Wildman–Crippen MR) is 121 cm³/mol. The molecule has 1 amide bonds. The lowest BCUT2D eigenvalue weighted by Gasteiger charge is -2.12. The number of allylic oxidation sites excluding steroid dienone is 1. The van der Waals surface area contributed by atoms with Gasteiger partial charge in [0.15, 0.2) is 5.65 Å². The molecule has 9 heteroatoms. The lowest BCUT2D eigenvalue weighted by Crippen LogP contribution is -2.10. The molecule has 0 atom stereocenters. The standard InChI is InChI=1S/C22H20BrFN6O/c1-12-14(7-21(31)27-12)6-15-11-26-30-20(28-17-4-5-17)9-19(29-22(15)30)25-10-13-2-3-16(23)8-18(13)24/h2-3,6,8-9,11,17,28H,1,4-5,7,10H2,(H,25,29)(H,27,31)/b14-6+. The minimum atomic E-state index is -0.286. The summed E-state index contributed by atoms with van der Waals surface area (Å²) in [6.07, 6.45) is 6.12. The molecule has 0 unspecified atom stereocenters. The van der Waals surface area contributed by atoms with Crippen molar-refractivity contribution in [1.82, 2.24) is 19.9 Å². The molecular weight excluding hydrogens is 463 g/mol. The van der Waals surface area contributed by atoms with E-state index in [1.54, 1.807) is 16.8 Å². The van der Waals surface area contributed by atoms with Crippen molar-refractivity contribution < 1.29 is 9.18 Å². The monoisotopic (exact) mass is 482 g/mol. The van der Waals surface area contributed by atoms with Gasteiger partial charge in [0.2, 0.25) is 5.91 Å². The maximum Gasteiger partial charge on any atom is 0.228 e. The van der Waals surface area contributed by atoms with Crippen molar-refractivity contribution >= 4 is 45.2 Å². The Hall–Kier alpha value is -3.20. The maximum absolute atomic E-state index is 14.2. The number of benzene rings is 1. The van der Waals surface area contributed by atoms with Crippen molar-refractivity contribution in [2.75, 3.05) is 10.6 Å². The summed E-state index contributed by atoms with van der Waals surface area (Å²) in [6, 6.07) is 7.29. The molecule has 1 saturated heterocycles. The SMILES string of the molecule is C=C1NC(=O)C/C1=C\c1cnn2c(NC3CC3)cc(NCc3ccc(Br)cc3F)nc12. The van der Waals surface area contributed by atoms with Gasteiger partial charge in [0.25, 0.3) is 0 Å². The first kappa shape index (κ1) is 19.7. The van der Waals surface area contributed by atoms with Gasteiger partial charge < -0.3 is 16.0 Å². The van der Waals surface area contributed by atoms with Crippen LogP contribution in [0.4, 0.5) is 16.0 Å². The van der Waals surface area contributed by atoms with Crippen molar-refractivity contribution in [2.24, 2.45) is 0 Å². The summed E-state index contributed by atoms with van der Waals surface area (Å²) < 4.78 is 16.7. The predicted octanol–water partition coefficient (Wildman–Crippen LogP) is 4.23. The Kier molecular flexibility index (Phi) is 4.97. The van der Waals surface area contributed by atoms with Gasteiger partial charge in [-0.2, -0.15) is 9.61 Å². The van der Waals surface area contributed by atoms with Crippen LogP contribution in [0.2, 0.25) is 0 Å². The smallest absolute Gasteiger partial charge is 0.228 e. The van der Waals surface area contributed by atoms with E-state index in [0.29, 0.717) is 39.8 Å². The quantitative estimate of drug-likeness (QED) is 0.489. The number of carbonyl (C=O) groups is 1. The van der Waals surface area contributed by atoms with Crippen LogP contribution in [0.1, 0.15) is 30.4 Å². The van der Waals surface area contributed by atoms with Crippen LogP contribution in [0, 0.1) is 5.82 Å². The summed E-state index contributed by atoms with van der Waals surface area (Å²) >= 11 is 3.28. The first-order valence-corrected chi connectivity index (χ1v) is 10.8. The second kappa shape index (κ2) is 7.81. The van der Waals surface area contributed by atoms with Gasteiger partial charge in [-0.15, -0.1) is 0 Å². The molecule has 0 spiro atoms. The number of halogens is 2. The lowest BCUT2D eigenvalue weighted by molar-refractivity contribution is -0.118. The van der Waals surface area contributed by atoms with Crippen LogP contribution >= 0.6 is 15.9 Å². The number of anilines is 2. The Morgan fingerprint density at radius 1 is 1.35 bits per heavy atom. The van der Waals surface area contributed by atoms with Crippen LogP contribution in [0.5, 0.6) is 0 Å². The van der Waals surface area contributed by atoms with Gasteiger partial charge in [-0.3, -0.25) is 4.79 Å². The third kappa shape index (κ3) is 4.18. The molecule has 2 aromatic heterocycles. The molecule has 3 N–H and O–H groups in total. The molecule has 0 radical (unpaired) electrons. The number of amides is 1. The van der Waals surface area contributed by atoms with Crippen molar-refractivity contribution in [3.8, 4) is 0 Å². The number of fused-ring (bicyclic) bond motifs is 1. The van der Waals surface area contributed by atoms with Crippen LogP contribution < -0.4 is 16.0 Å². The average Bonchev–Trinajstić information content (AvgIpc) is 3.36. The molecule has 1 aliphatic heterocycles. The first-order valence-electron chi connectivity index (χ1n) is 9.99. The molecule has 2 fully saturated rings. The number of rotatable bonds is 6. The molecule has 7 nitrogen and oxygen atoms in total. The second-order valence-corrected chi connectivity index (χ2v) is 8.66. The summed E-state index contributed by atoms with van der Waals surface area (Å²) in [5, 5.41) is 13.9. The van der Waals surface area contributed by atoms with Gasteiger partial charge in [0.1, 0.15) is 17.5 Å². The normalized spacial score (nSPS) is 17.4. The molecule has 0 bridgehead atoms. The highest BCUT2D eigenvalue weighted by Gasteiger charge is 2.24. The van der Waals surface area contributed by atoms with Gasteiger partial charge >= 0.3 is 0 Å². The molecule has 3 aromatic rings. The van der Waals surface area contributed by atoms with Crippen LogP contribution in [0.25, 0.3) is 11.7 Å². The van der Waals surface area contributed by atoms with E-state index in [1.807, 2.05) is 18.2 Å². The largest absolute Gasteiger partial charge is 0.367 e. The molecule has 31 heavy (non-hydrogen) atoms. The molecule has 158 valence electrons. The second-order valence-electron chi connectivity index (χ2n) is 7.74. The Bertz CT molecular complexity index is 1250. The minimum Gasteiger partial charge on any atom is -0.367 e. The van der Waals surface area contributed by atoms with Gasteiger partial charge in [-0.05, 0) is 36.6 Å². The van der Waals surface area contributed by atoms with Crippen molar-refractivity contribution in [3.63, 3.8) is 0 Å². The van der Waals surface area contributed by atoms with Crippen molar-refractivity contribution in [1.29, 1.82) is 0 Å². The summed E-state index contributed by atoms with van der Waals surface area (Å²) in [5.74, 6) is 1.06. The zero-order valence-electron chi connectivity index (χ0n) is 16.6. The fourth-order valence-electron chi connectivity index (χ4n) is 3.46. The van der Waals surface area contributed by atoms with Crippen LogP contribution in [0.15, 0.2) is 52.8 Å². The van der Waals surface area contributed by atoms with E-state index in [0.717, 1.165) is 29.8 Å². The average molecular weight is 483 g/mol. The van der Waals surface area contributed by atoms with E-state index < -0.39 is 0 Å². The van der Waals surface area contributed by atoms with Crippen LogP contribution in [-0.2, 0) is 11.3 Å². The molecule has 5 rings (SSSR count). The first-order chi connectivity index (χ1) is 15.0. The molecule has 3 heterocycles. The molecular formula is C22H20BrFN6O. The molecule has 1 aromatic carbocycles. The van der Waals surface area contributed by atoms with Crippen LogP contribution in [0.3, 0.4) is 0 Å². The highest BCUT2D eigenvalue weighted by atomic mass is 79.9.